The highest BCUT2D eigenvalue weighted by Gasteiger charge is 2.32. The summed E-state index contributed by atoms with van der Waals surface area (Å²) in [4.78, 5) is 0. The van der Waals surface area contributed by atoms with Crippen molar-refractivity contribution in [2.45, 2.75) is 32.9 Å². The highest BCUT2D eigenvalue weighted by molar-refractivity contribution is 9.10. The van der Waals surface area contributed by atoms with Crippen molar-refractivity contribution in [3.63, 3.8) is 0 Å². The summed E-state index contributed by atoms with van der Waals surface area (Å²) in [7, 11) is 1.60. The van der Waals surface area contributed by atoms with Crippen molar-refractivity contribution in [3.8, 4) is 0 Å². The number of nitrogens with two attached hydrogens (primary N) is 1. The van der Waals surface area contributed by atoms with Gasteiger partial charge < -0.3 is 10.5 Å². The summed E-state index contributed by atoms with van der Waals surface area (Å²) in [5, 5.41) is 0. The van der Waals surface area contributed by atoms with Gasteiger partial charge in [0.05, 0.1) is 16.6 Å². The summed E-state index contributed by atoms with van der Waals surface area (Å²) in [6.07, 6.45) is -0.244. The average Bonchev–Trinajstić information content (AvgIpc) is 2.20. The maximum Gasteiger partial charge on any atom is 0.142 e. The van der Waals surface area contributed by atoms with Crippen molar-refractivity contribution < 1.29 is 9.13 Å². The van der Waals surface area contributed by atoms with Crippen molar-refractivity contribution in [1.29, 1.82) is 0 Å². The maximum absolute atomic E-state index is 14.0. The molecule has 0 fully saturated rings. The third-order valence-electron chi connectivity index (χ3n) is 2.77. The minimum absolute atomic E-state index is 0.150. The maximum atomic E-state index is 14.0. The molecule has 2 unspecified atom stereocenters. The fourth-order valence-corrected chi connectivity index (χ4v) is 2.36. The van der Waals surface area contributed by atoms with Gasteiger partial charge in [-0.05, 0) is 27.4 Å². The number of halogens is 2. The van der Waals surface area contributed by atoms with Crippen molar-refractivity contribution in [3.05, 3.63) is 34.1 Å². The van der Waals surface area contributed by atoms with Gasteiger partial charge in [0.1, 0.15) is 5.82 Å². The number of ether oxygens (including phenoxy) is 1. The van der Waals surface area contributed by atoms with Crippen LogP contribution in [0.25, 0.3) is 0 Å². The van der Waals surface area contributed by atoms with Crippen LogP contribution in [0.15, 0.2) is 22.7 Å². The summed E-state index contributed by atoms with van der Waals surface area (Å²) in [5.41, 5.74) is 6.44. The minimum Gasteiger partial charge on any atom is -0.379 e. The van der Waals surface area contributed by atoms with Crippen LogP contribution in [0.2, 0.25) is 0 Å². The Hall–Kier alpha value is -0.450. The van der Waals surface area contributed by atoms with Gasteiger partial charge in [0.15, 0.2) is 0 Å². The zero-order valence-electron chi connectivity index (χ0n) is 10.6. The van der Waals surface area contributed by atoms with E-state index in [9.17, 15) is 4.39 Å². The third kappa shape index (κ3) is 3.27. The van der Waals surface area contributed by atoms with E-state index >= 15 is 0 Å². The van der Waals surface area contributed by atoms with Gasteiger partial charge in [-0.15, -0.1) is 0 Å². The molecule has 2 N–H and O–H groups in total. The number of methoxy groups -OCH3 is 1. The Morgan fingerprint density at radius 1 is 1.35 bits per heavy atom. The van der Waals surface area contributed by atoms with Gasteiger partial charge in [0.2, 0.25) is 0 Å². The molecule has 1 aromatic rings. The molecule has 0 radical (unpaired) electrons. The predicted octanol–water partition coefficient (Wildman–Crippen LogP) is 3.65. The van der Waals surface area contributed by atoms with Crippen LogP contribution >= 0.6 is 15.9 Å². The van der Waals surface area contributed by atoms with E-state index in [1.54, 1.807) is 25.3 Å². The fraction of sp³-hybridized carbons (Fsp3) is 0.538. The van der Waals surface area contributed by atoms with Gasteiger partial charge in [-0.2, -0.15) is 0 Å². The molecule has 1 aromatic carbocycles. The van der Waals surface area contributed by atoms with Gasteiger partial charge in [-0.3, -0.25) is 0 Å². The molecule has 0 spiro atoms. The Morgan fingerprint density at radius 3 is 2.41 bits per heavy atom. The molecular formula is C13H19BrFNO. The second-order valence-electron chi connectivity index (χ2n) is 5.19. The molecule has 96 valence electrons. The van der Waals surface area contributed by atoms with E-state index in [-0.39, 0.29) is 17.3 Å². The molecule has 0 aliphatic heterocycles. The lowest BCUT2D eigenvalue weighted by Gasteiger charge is -2.34. The molecule has 0 amide bonds. The minimum atomic E-state index is -0.488. The van der Waals surface area contributed by atoms with Crippen molar-refractivity contribution >= 4 is 15.9 Å². The summed E-state index contributed by atoms with van der Waals surface area (Å²) in [6, 6.07) is 4.64. The van der Waals surface area contributed by atoms with Crippen LogP contribution in [0.4, 0.5) is 4.39 Å². The number of rotatable bonds is 3. The number of hydrogen-bond donors (Lipinski definition) is 1. The molecular weight excluding hydrogens is 285 g/mol. The highest BCUT2D eigenvalue weighted by Crippen LogP contribution is 2.33. The molecule has 0 aliphatic rings. The van der Waals surface area contributed by atoms with Crippen LogP contribution in [0.3, 0.4) is 0 Å². The van der Waals surface area contributed by atoms with Gasteiger partial charge in [0.25, 0.3) is 0 Å². The zero-order valence-corrected chi connectivity index (χ0v) is 12.2. The molecule has 2 nitrogen and oxygen atoms in total. The van der Waals surface area contributed by atoms with Gasteiger partial charge >= 0.3 is 0 Å². The lowest BCUT2D eigenvalue weighted by molar-refractivity contribution is -0.00317. The average molecular weight is 304 g/mol. The second kappa shape index (κ2) is 5.46. The zero-order chi connectivity index (χ0) is 13.2. The first-order valence-corrected chi connectivity index (χ1v) is 6.30. The van der Waals surface area contributed by atoms with E-state index in [2.05, 4.69) is 15.9 Å². The van der Waals surface area contributed by atoms with Crippen LogP contribution in [0, 0.1) is 11.2 Å². The van der Waals surface area contributed by atoms with Gasteiger partial charge in [0, 0.05) is 12.7 Å². The molecule has 0 aliphatic carbocycles. The first-order valence-electron chi connectivity index (χ1n) is 5.51. The Labute approximate surface area is 110 Å². The second-order valence-corrected chi connectivity index (χ2v) is 6.05. The molecule has 0 aromatic heterocycles. The third-order valence-corrected chi connectivity index (χ3v) is 3.39. The molecule has 0 bridgehead atoms. The molecule has 17 heavy (non-hydrogen) atoms. The van der Waals surface area contributed by atoms with Crippen molar-refractivity contribution in [1.82, 2.24) is 0 Å². The Bertz CT molecular complexity index is 389. The predicted molar refractivity (Wildman–Crippen MR) is 71.3 cm³/mol. The van der Waals surface area contributed by atoms with Gasteiger partial charge in [-0.1, -0.05) is 32.9 Å². The molecule has 1 rings (SSSR count). The Kier molecular flexibility index (Phi) is 4.69. The molecule has 2 atom stereocenters. The Morgan fingerprint density at radius 2 is 1.94 bits per heavy atom. The SMILES string of the molecule is COC(C(N)c1cccc(Br)c1F)C(C)(C)C. The quantitative estimate of drug-likeness (QED) is 0.925. The lowest BCUT2D eigenvalue weighted by atomic mass is 9.82. The van der Waals surface area contributed by atoms with Crippen LogP contribution in [0.1, 0.15) is 32.4 Å². The summed E-state index contributed by atoms with van der Waals surface area (Å²) >= 11 is 3.16. The van der Waals surface area contributed by atoms with E-state index < -0.39 is 6.04 Å². The standard InChI is InChI=1S/C13H19BrFNO/c1-13(2,3)12(17-4)11(16)8-6-5-7-9(14)10(8)15/h5-7,11-12H,16H2,1-4H3. The van der Waals surface area contributed by atoms with E-state index in [4.69, 9.17) is 10.5 Å². The first kappa shape index (κ1) is 14.6. The molecule has 4 heteroatoms. The van der Waals surface area contributed by atoms with E-state index in [0.29, 0.717) is 10.0 Å². The monoisotopic (exact) mass is 303 g/mol. The van der Waals surface area contributed by atoms with Crippen molar-refractivity contribution in [2.24, 2.45) is 11.1 Å². The van der Waals surface area contributed by atoms with E-state index in [0.717, 1.165) is 0 Å². The summed E-state index contributed by atoms with van der Waals surface area (Å²) in [6.45, 7) is 6.07. The smallest absolute Gasteiger partial charge is 0.142 e. The fourth-order valence-electron chi connectivity index (χ4n) is 1.98. The topological polar surface area (TPSA) is 35.2 Å². The first-order chi connectivity index (χ1) is 7.79. The summed E-state index contributed by atoms with van der Waals surface area (Å²) in [5.74, 6) is -0.314. The van der Waals surface area contributed by atoms with Crippen LogP contribution in [-0.4, -0.2) is 13.2 Å². The van der Waals surface area contributed by atoms with Crippen LogP contribution < -0.4 is 5.73 Å². The molecule has 0 heterocycles. The molecule has 0 saturated carbocycles. The highest BCUT2D eigenvalue weighted by atomic mass is 79.9. The molecule has 0 saturated heterocycles. The van der Waals surface area contributed by atoms with Gasteiger partial charge in [-0.25, -0.2) is 4.39 Å². The largest absolute Gasteiger partial charge is 0.379 e. The summed E-state index contributed by atoms with van der Waals surface area (Å²) < 4.78 is 19.8. The van der Waals surface area contributed by atoms with Crippen LogP contribution in [-0.2, 0) is 4.74 Å². The van der Waals surface area contributed by atoms with E-state index in [1.807, 2.05) is 20.8 Å². The number of benzene rings is 1. The van der Waals surface area contributed by atoms with E-state index in [1.165, 1.54) is 0 Å². The Balaban J connectivity index is 3.11. The lowest BCUT2D eigenvalue weighted by Crippen LogP contribution is -2.39. The number of hydrogen-bond acceptors (Lipinski definition) is 2. The normalized spacial score (nSPS) is 15.7. The van der Waals surface area contributed by atoms with Crippen molar-refractivity contribution in [2.75, 3.05) is 7.11 Å². The van der Waals surface area contributed by atoms with Crippen LogP contribution in [0.5, 0.6) is 0 Å².